The Kier molecular flexibility index (Phi) is 5.36. The van der Waals surface area contributed by atoms with Gasteiger partial charge in [-0.05, 0) is 19.0 Å². The molecule has 0 spiro atoms. The van der Waals surface area contributed by atoms with Gasteiger partial charge < -0.3 is 14.8 Å². The van der Waals surface area contributed by atoms with Crippen molar-refractivity contribution in [3.63, 3.8) is 0 Å². The summed E-state index contributed by atoms with van der Waals surface area (Å²) in [6.07, 6.45) is 2.03. The first-order valence-electron chi connectivity index (χ1n) is 7.19. The highest BCUT2D eigenvalue weighted by Crippen LogP contribution is 2.13. The lowest BCUT2D eigenvalue weighted by Gasteiger charge is -2.31. The van der Waals surface area contributed by atoms with E-state index in [9.17, 15) is 0 Å². The van der Waals surface area contributed by atoms with Crippen LogP contribution in [0.5, 0.6) is 0 Å². The maximum atomic E-state index is 5.82. The number of ether oxygens (including phenoxy) is 2. The van der Waals surface area contributed by atoms with E-state index in [0.29, 0.717) is 19.8 Å². The normalized spacial score (nSPS) is 21.5. The topological polar surface area (TPSA) is 48.3 Å². The van der Waals surface area contributed by atoms with E-state index in [1.54, 1.807) is 0 Å². The van der Waals surface area contributed by atoms with E-state index in [2.05, 4.69) is 30.3 Å². The number of likely N-dealkylation sites (N-methyl/N-ethyl adjacent to an activating group) is 1. The molecule has 0 saturated carbocycles. The molecule has 19 heavy (non-hydrogen) atoms. The van der Waals surface area contributed by atoms with Crippen LogP contribution in [0.3, 0.4) is 0 Å². The smallest absolute Gasteiger partial charge is 0.0965 e. The Bertz CT molecular complexity index is 386. The highest BCUT2D eigenvalue weighted by Gasteiger charge is 2.25. The van der Waals surface area contributed by atoms with Gasteiger partial charge in [0.1, 0.15) is 0 Å². The van der Waals surface area contributed by atoms with Gasteiger partial charge in [-0.15, -0.1) is 0 Å². The summed E-state index contributed by atoms with van der Waals surface area (Å²) in [7, 11) is 2.01. The van der Waals surface area contributed by atoms with Crippen LogP contribution in [0.15, 0.2) is 6.07 Å². The summed E-state index contributed by atoms with van der Waals surface area (Å²) in [5.41, 5.74) is 2.39. The first-order chi connectivity index (χ1) is 9.24. The summed E-state index contributed by atoms with van der Waals surface area (Å²) in [6.45, 7) is 7.27. The van der Waals surface area contributed by atoms with E-state index >= 15 is 0 Å². The lowest BCUT2D eigenvalue weighted by molar-refractivity contribution is -0.101. The van der Waals surface area contributed by atoms with Crippen LogP contribution in [0.25, 0.3) is 0 Å². The Balaban J connectivity index is 2.04. The van der Waals surface area contributed by atoms with Gasteiger partial charge in [0.2, 0.25) is 0 Å². The number of hydrogen-bond acceptors (Lipinski definition) is 4. The molecule has 5 heteroatoms. The maximum Gasteiger partial charge on any atom is 0.0965 e. The van der Waals surface area contributed by atoms with Crippen molar-refractivity contribution in [2.24, 2.45) is 7.05 Å². The molecule has 1 fully saturated rings. The van der Waals surface area contributed by atoms with Gasteiger partial charge in [0.05, 0.1) is 31.6 Å². The van der Waals surface area contributed by atoms with Crippen LogP contribution in [0, 0.1) is 0 Å². The van der Waals surface area contributed by atoms with Gasteiger partial charge in [-0.2, -0.15) is 5.10 Å². The van der Waals surface area contributed by atoms with E-state index in [1.165, 1.54) is 5.69 Å². The van der Waals surface area contributed by atoms with Gasteiger partial charge in [0.25, 0.3) is 0 Å². The fourth-order valence-corrected chi connectivity index (χ4v) is 2.50. The van der Waals surface area contributed by atoms with E-state index in [1.807, 2.05) is 11.7 Å². The summed E-state index contributed by atoms with van der Waals surface area (Å²) in [5.74, 6) is 0. The number of aromatic nitrogens is 2. The molecule has 108 valence electrons. The average molecular weight is 267 g/mol. The molecule has 0 aliphatic carbocycles. The third kappa shape index (κ3) is 3.78. The summed E-state index contributed by atoms with van der Waals surface area (Å²) in [5, 5.41) is 8.01. The Labute approximate surface area is 115 Å². The van der Waals surface area contributed by atoms with Crippen molar-refractivity contribution < 1.29 is 9.47 Å². The van der Waals surface area contributed by atoms with Crippen molar-refractivity contribution in [3.8, 4) is 0 Å². The lowest BCUT2D eigenvalue weighted by atomic mass is 10.0. The van der Waals surface area contributed by atoms with Crippen LogP contribution in [-0.4, -0.2) is 48.3 Å². The molecule has 2 rings (SSSR count). The molecule has 1 aliphatic heterocycles. The summed E-state index contributed by atoms with van der Waals surface area (Å²) in [4.78, 5) is 0. The number of aryl methyl sites for hydroxylation is 2. The average Bonchev–Trinajstić information content (AvgIpc) is 2.80. The van der Waals surface area contributed by atoms with Gasteiger partial charge in [-0.25, -0.2) is 0 Å². The fraction of sp³-hybridized carbons (Fsp3) is 0.786. The van der Waals surface area contributed by atoms with Gasteiger partial charge in [-0.3, -0.25) is 4.68 Å². The first-order valence-corrected chi connectivity index (χ1v) is 7.19. The quantitative estimate of drug-likeness (QED) is 0.832. The van der Waals surface area contributed by atoms with Crippen molar-refractivity contribution >= 4 is 0 Å². The van der Waals surface area contributed by atoms with Crippen LogP contribution < -0.4 is 5.32 Å². The van der Waals surface area contributed by atoms with Crippen molar-refractivity contribution in [1.29, 1.82) is 0 Å². The Hall–Kier alpha value is -0.910. The molecule has 2 unspecified atom stereocenters. The second-order valence-corrected chi connectivity index (χ2v) is 4.96. The van der Waals surface area contributed by atoms with Gasteiger partial charge in [0, 0.05) is 25.2 Å². The zero-order valence-corrected chi connectivity index (χ0v) is 12.2. The minimum absolute atomic E-state index is 0.133. The standard InChI is InChI=1S/C14H25N3O2/c1-4-11-8-12(17(3)16-11)9-13(15-5-2)14-10-18-6-7-19-14/h8,13-15H,4-7,9-10H2,1-3H3. The fourth-order valence-electron chi connectivity index (χ4n) is 2.50. The second kappa shape index (κ2) is 7.03. The van der Waals surface area contributed by atoms with E-state index in [4.69, 9.17) is 9.47 Å². The molecule has 0 radical (unpaired) electrons. The molecule has 0 amide bonds. The van der Waals surface area contributed by atoms with Crippen molar-refractivity contribution in [1.82, 2.24) is 15.1 Å². The van der Waals surface area contributed by atoms with Crippen LogP contribution in [0.4, 0.5) is 0 Å². The molecule has 5 nitrogen and oxygen atoms in total. The Morgan fingerprint density at radius 1 is 1.47 bits per heavy atom. The SMILES string of the molecule is CCNC(Cc1cc(CC)nn1C)C1COCCO1. The van der Waals surface area contributed by atoms with Crippen LogP contribution in [0.2, 0.25) is 0 Å². The molecular formula is C14H25N3O2. The van der Waals surface area contributed by atoms with E-state index in [0.717, 1.165) is 25.1 Å². The molecule has 1 aromatic rings. The zero-order valence-electron chi connectivity index (χ0n) is 12.2. The summed E-state index contributed by atoms with van der Waals surface area (Å²) in [6, 6.07) is 2.47. The van der Waals surface area contributed by atoms with Gasteiger partial charge >= 0.3 is 0 Å². The van der Waals surface area contributed by atoms with Crippen LogP contribution in [0.1, 0.15) is 25.2 Å². The van der Waals surface area contributed by atoms with Gasteiger partial charge in [0.15, 0.2) is 0 Å². The summed E-state index contributed by atoms with van der Waals surface area (Å²) < 4.78 is 13.3. The number of rotatable bonds is 6. The lowest BCUT2D eigenvalue weighted by Crippen LogP contribution is -2.48. The molecule has 0 bridgehead atoms. The second-order valence-electron chi connectivity index (χ2n) is 4.96. The minimum atomic E-state index is 0.133. The zero-order chi connectivity index (χ0) is 13.7. The van der Waals surface area contributed by atoms with E-state index in [-0.39, 0.29) is 12.1 Å². The predicted octanol–water partition coefficient (Wildman–Crippen LogP) is 0.919. The number of nitrogens with one attached hydrogen (secondary N) is 1. The third-order valence-corrected chi connectivity index (χ3v) is 3.58. The molecule has 1 N–H and O–H groups in total. The van der Waals surface area contributed by atoms with Crippen molar-refractivity contribution in [2.75, 3.05) is 26.4 Å². The molecule has 2 atom stereocenters. The minimum Gasteiger partial charge on any atom is -0.376 e. The molecule has 1 aliphatic rings. The molecule has 2 heterocycles. The maximum absolute atomic E-state index is 5.82. The number of hydrogen-bond donors (Lipinski definition) is 1. The largest absolute Gasteiger partial charge is 0.376 e. The third-order valence-electron chi connectivity index (χ3n) is 3.58. The van der Waals surface area contributed by atoms with E-state index < -0.39 is 0 Å². The van der Waals surface area contributed by atoms with Crippen LogP contribution in [-0.2, 0) is 29.4 Å². The highest BCUT2D eigenvalue weighted by molar-refractivity contribution is 5.12. The summed E-state index contributed by atoms with van der Waals surface area (Å²) >= 11 is 0. The monoisotopic (exact) mass is 267 g/mol. The molecule has 1 saturated heterocycles. The van der Waals surface area contributed by atoms with Crippen molar-refractivity contribution in [3.05, 3.63) is 17.5 Å². The molecular weight excluding hydrogens is 242 g/mol. The Morgan fingerprint density at radius 2 is 2.32 bits per heavy atom. The first kappa shape index (κ1) is 14.5. The number of nitrogens with zero attached hydrogens (tertiary/aromatic N) is 2. The predicted molar refractivity (Wildman–Crippen MR) is 74.3 cm³/mol. The van der Waals surface area contributed by atoms with Gasteiger partial charge in [-0.1, -0.05) is 13.8 Å². The Morgan fingerprint density at radius 3 is 2.89 bits per heavy atom. The van der Waals surface area contributed by atoms with Crippen LogP contribution >= 0.6 is 0 Å². The van der Waals surface area contributed by atoms with Crippen molar-refractivity contribution in [2.45, 2.75) is 38.8 Å². The highest BCUT2D eigenvalue weighted by atomic mass is 16.6. The molecule has 1 aromatic heterocycles. The molecule has 0 aromatic carbocycles.